The predicted molar refractivity (Wildman–Crippen MR) is 145 cm³/mol. The topological polar surface area (TPSA) is 165 Å². The highest BCUT2D eigenvalue weighted by Crippen LogP contribution is 2.25. The van der Waals surface area contributed by atoms with Crippen molar-refractivity contribution in [3.63, 3.8) is 0 Å². The highest BCUT2D eigenvalue weighted by molar-refractivity contribution is 6.03. The molecular formula is C29H26N6O6. The zero-order valence-electron chi connectivity index (χ0n) is 22.2. The Morgan fingerprint density at radius 3 is 1.68 bits per heavy atom. The minimum Gasteiger partial charge on any atom is -0.458 e. The van der Waals surface area contributed by atoms with Gasteiger partial charge in [-0.05, 0) is 38.1 Å². The fraction of sp³-hybridized carbons (Fsp3) is 0.207. The lowest BCUT2D eigenvalue weighted by Gasteiger charge is -2.15. The van der Waals surface area contributed by atoms with E-state index in [1.54, 1.807) is 66.7 Å². The molecule has 1 aliphatic rings. The van der Waals surface area contributed by atoms with Crippen molar-refractivity contribution in [2.24, 2.45) is 0 Å². The summed E-state index contributed by atoms with van der Waals surface area (Å²) in [6.07, 6.45) is 0. The molecule has 4 bridgehead atoms. The summed E-state index contributed by atoms with van der Waals surface area (Å²) in [7, 11) is 0. The number of rotatable bonds is 0. The summed E-state index contributed by atoms with van der Waals surface area (Å²) in [4.78, 5) is 60.5. The molecule has 0 aliphatic carbocycles. The smallest absolute Gasteiger partial charge is 0.328 e. The van der Waals surface area contributed by atoms with Gasteiger partial charge in [-0.2, -0.15) is 5.10 Å². The van der Waals surface area contributed by atoms with Gasteiger partial charge in [0.05, 0.1) is 22.5 Å². The van der Waals surface area contributed by atoms with Crippen molar-refractivity contribution in [1.29, 1.82) is 0 Å². The third kappa shape index (κ3) is 6.11. The summed E-state index contributed by atoms with van der Waals surface area (Å²) in [5, 5.41) is 12.4. The van der Waals surface area contributed by atoms with Gasteiger partial charge in [-0.25, -0.2) is 14.6 Å². The van der Waals surface area contributed by atoms with Gasteiger partial charge < -0.3 is 20.1 Å². The molecule has 2 aromatic heterocycles. The number of H-pyrrole nitrogens is 1. The van der Waals surface area contributed by atoms with Crippen molar-refractivity contribution in [2.45, 2.75) is 39.1 Å². The van der Waals surface area contributed by atoms with Crippen LogP contribution in [0.2, 0.25) is 0 Å². The lowest BCUT2D eigenvalue weighted by atomic mass is 10.0. The number of nitrogens with zero attached hydrogens (tertiary/aromatic N) is 3. The molecule has 0 unspecified atom stereocenters. The molecule has 2 aromatic carbocycles. The van der Waals surface area contributed by atoms with Gasteiger partial charge in [-0.1, -0.05) is 42.5 Å². The molecule has 0 saturated carbocycles. The standard InChI is InChI=1S/C29H26N6O6/c1-16-28(38)40-14-18-8-7-9-19(32-18)15-41-29(39)17(2)31-27(37)23-13-6-4-11-21(23)25-33-24(34-35-25)20-10-3-5-12-22(20)26(36)30-16/h3-13,16-17H,14-15H2,1-2H3,(H,30,36)(H,31,37)(H,33,34,35)/t16-,17-/m0/s1. The number of hydrogen-bond acceptors (Lipinski definition) is 9. The Balaban J connectivity index is 1.51. The van der Waals surface area contributed by atoms with E-state index in [0.29, 0.717) is 22.5 Å². The van der Waals surface area contributed by atoms with Crippen molar-refractivity contribution < 1.29 is 28.7 Å². The number of benzene rings is 2. The Hall–Kier alpha value is -5.39. The van der Waals surface area contributed by atoms with Crippen molar-refractivity contribution in [3.8, 4) is 22.8 Å². The van der Waals surface area contributed by atoms with Crippen LogP contribution in [0.5, 0.6) is 0 Å². The number of cyclic esters (lactones) is 2. The van der Waals surface area contributed by atoms with Gasteiger partial charge in [0.2, 0.25) is 0 Å². The van der Waals surface area contributed by atoms with E-state index in [-0.39, 0.29) is 36.0 Å². The van der Waals surface area contributed by atoms with E-state index in [9.17, 15) is 19.2 Å². The second kappa shape index (κ2) is 11.8. The molecule has 3 heterocycles. The van der Waals surface area contributed by atoms with E-state index in [2.05, 4.69) is 30.8 Å². The molecule has 41 heavy (non-hydrogen) atoms. The minimum absolute atomic E-state index is 0.149. The van der Waals surface area contributed by atoms with Crippen LogP contribution < -0.4 is 10.6 Å². The lowest BCUT2D eigenvalue weighted by Crippen LogP contribution is -2.39. The maximum atomic E-state index is 13.2. The monoisotopic (exact) mass is 554 g/mol. The molecule has 4 aromatic rings. The molecule has 208 valence electrons. The van der Waals surface area contributed by atoms with E-state index < -0.39 is 35.8 Å². The number of hydrogen-bond donors (Lipinski definition) is 3. The van der Waals surface area contributed by atoms with Crippen LogP contribution in [0.25, 0.3) is 22.8 Å². The average molecular weight is 555 g/mol. The van der Waals surface area contributed by atoms with Crippen molar-refractivity contribution in [3.05, 3.63) is 89.2 Å². The summed E-state index contributed by atoms with van der Waals surface area (Å²) in [6.45, 7) is 2.73. The molecule has 2 atom stereocenters. The van der Waals surface area contributed by atoms with Gasteiger partial charge >= 0.3 is 11.9 Å². The van der Waals surface area contributed by atoms with Crippen molar-refractivity contribution >= 4 is 23.8 Å². The Morgan fingerprint density at radius 1 is 0.634 bits per heavy atom. The first-order chi connectivity index (χ1) is 19.8. The van der Waals surface area contributed by atoms with E-state index in [1.165, 1.54) is 13.8 Å². The molecule has 3 N–H and O–H groups in total. The number of amides is 2. The Morgan fingerprint density at radius 2 is 1.12 bits per heavy atom. The molecule has 12 heteroatoms. The summed E-state index contributed by atoms with van der Waals surface area (Å²) in [5.74, 6) is -1.85. The van der Waals surface area contributed by atoms with Crippen LogP contribution in [-0.4, -0.2) is 56.0 Å². The largest absolute Gasteiger partial charge is 0.458 e. The number of carbonyl (C=O) groups excluding carboxylic acids is 4. The number of ether oxygens (including phenoxy) is 2. The quantitative estimate of drug-likeness (QED) is 0.277. The van der Waals surface area contributed by atoms with E-state index >= 15 is 0 Å². The van der Waals surface area contributed by atoms with Crippen LogP contribution in [0.15, 0.2) is 66.7 Å². The first-order valence-corrected chi connectivity index (χ1v) is 12.8. The highest BCUT2D eigenvalue weighted by Gasteiger charge is 2.24. The lowest BCUT2D eigenvalue weighted by molar-refractivity contribution is -0.147. The van der Waals surface area contributed by atoms with Gasteiger partial charge in [-0.15, -0.1) is 0 Å². The number of esters is 2. The molecule has 1 aliphatic heterocycles. The first-order valence-electron chi connectivity index (χ1n) is 12.8. The summed E-state index contributed by atoms with van der Waals surface area (Å²) in [6, 6.07) is 16.5. The molecule has 0 fully saturated rings. The fourth-order valence-electron chi connectivity index (χ4n) is 4.16. The maximum absolute atomic E-state index is 13.2. The van der Waals surface area contributed by atoms with Crippen molar-refractivity contribution in [2.75, 3.05) is 0 Å². The van der Waals surface area contributed by atoms with E-state index in [1.807, 2.05) is 0 Å². The van der Waals surface area contributed by atoms with Gasteiger partial charge in [0.25, 0.3) is 11.8 Å². The predicted octanol–water partition coefficient (Wildman–Crippen LogP) is 2.57. The number of pyridine rings is 1. The highest BCUT2D eigenvalue weighted by atomic mass is 16.5. The van der Waals surface area contributed by atoms with E-state index in [0.717, 1.165) is 0 Å². The van der Waals surface area contributed by atoms with Gasteiger partial charge in [0, 0.05) is 11.1 Å². The average Bonchev–Trinajstić information content (AvgIpc) is 3.48. The Kier molecular flexibility index (Phi) is 7.81. The number of carbonyl (C=O) groups is 4. The number of nitrogens with one attached hydrogen (secondary N) is 3. The molecule has 0 saturated heterocycles. The number of aromatic nitrogens is 4. The summed E-state index contributed by atoms with van der Waals surface area (Å²) in [5.41, 5.74) is 2.20. The van der Waals surface area contributed by atoms with Crippen LogP contribution in [0.1, 0.15) is 46.0 Å². The zero-order valence-corrected chi connectivity index (χ0v) is 22.2. The van der Waals surface area contributed by atoms with Gasteiger partial charge in [0.15, 0.2) is 11.6 Å². The molecule has 5 rings (SSSR count). The normalized spacial score (nSPS) is 18.3. The zero-order chi connectivity index (χ0) is 28.9. The second-order valence-corrected chi connectivity index (χ2v) is 9.32. The van der Waals surface area contributed by atoms with Crippen LogP contribution in [0.3, 0.4) is 0 Å². The summed E-state index contributed by atoms with van der Waals surface area (Å²) < 4.78 is 10.7. The fourth-order valence-corrected chi connectivity index (χ4v) is 4.16. The van der Waals surface area contributed by atoms with Gasteiger partial charge in [0.1, 0.15) is 25.3 Å². The molecule has 0 spiro atoms. The maximum Gasteiger partial charge on any atom is 0.328 e. The third-order valence-corrected chi connectivity index (χ3v) is 6.32. The number of aromatic amines is 1. The van der Waals surface area contributed by atoms with Crippen LogP contribution >= 0.6 is 0 Å². The van der Waals surface area contributed by atoms with Crippen molar-refractivity contribution in [1.82, 2.24) is 30.8 Å². The third-order valence-electron chi connectivity index (χ3n) is 6.32. The van der Waals surface area contributed by atoms with Crippen LogP contribution in [0.4, 0.5) is 0 Å². The molecule has 2 amide bonds. The number of fused-ring (bicyclic) bond motifs is 8. The first kappa shape index (κ1) is 27.2. The molecule has 0 radical (unpaired) electrons. The van der Waals surface area contributed by atoms with E-state index in [4.69, 9.17) is 9.47 Å². The minimum atomic E-state index is -0.966. The Labute approximate surface area is 234 Å². The SMILES string of the molecule is C[C@@H]1NC(=O)c2ccccc2-c2n[nH]c(n2)-c2ccccc2C(=O)N[C@@H](C)C(=O)OCc2cccc(n2)COC1=O. The van der Waals surface area contributed by atoms with Crippen LogP contribution in [0, 0.1) is 0 Å². The van der Waals surface area contributed by atoms with Crippen LogP contribution in [-0.2, 0) is 32.3 Å². The molecular weight excluding hydrogens is 528 g/mol. The Bertz CT molecular complexity index is 1520. The molecule has 12 nitrogen and oxygen atoms in total. The summed E-state index contributed by atoms with van der Waals surface area (Å²) >= 11 is 0. The van der Waals surface area contributed by atoms with Gasteiger partial charge in [-0.3, -0.25) is 19.7 Å². The second-order valence-electron chi connectivity index (χ2n) is 9.32.